The van der Waals surface area contributed by atoms with Crippen LogP contribution in [0.5, 0.6) is 23.0 Å². The van der Waals surface area contributed by atoms with Crippen LogP contribution in [0.25, 0.3) is 20.2 Å². The number of carbonyl (C=O) groups is 3. The Labute approximate surface area is 267 Å². The van der Waals surface area contributed by atoms with Crippen molar-refractivity contribution >= 4 is 60.4 Å². The van der Waals surface area contributed by atoms with Crippen molar-refractivity contribution < 1.29 is 47.2 Å². The van der Waals surface area contributed by atoms with E-state index in [-0.39, 0.29) is 59.6 Å². The molecule has 0 aliphatic carbocycles. The van der Waals surface area contributed by atoms with Gasteiger partial charge in [-0.2, -0.15) is 0 Å². The van der Waals surface area contributed by atoms with Gasteiger partial charge in [-0.15, -0.1) is 22.7 Å². The molecule has 2 aromatic heterocycles. The number of thiophene rings is 2. The van der Waals surface area contributed by atoms with Gasteiger partial charge >= 0.3 is 5.97 Å². The highest BCUT2D eigenvalue weighted by molar-refractivity contribution is 7.21. The van der Waals surface area contributed by atoms with Gasteiger partial charge in [0.2, 0.25) is 0 Å². The maximum absolute atomic E-state index is 15.5. The average Bonchev–Trinajstić information content (AvgIpc) is 3.63. The minimum Gasteiger partial charge on any atom is -0.493 e. The molecule has 0 aliphatic rings. The zero-order chi connectivity index (χ0) is 32.8. The minimum absolute atomic E-state index is 0.00663. The lowest BCUT2D eigenvalue weighted by Crippen LogP contribution is -2.11. The normalized spacial score (nSPS) is 12.7. The molecule has 0 fully saturated rings. The zero-order valence-electron chi connectivity index (χ0n) is 25.8. The Balaban J connectivity index is 1.37. The number of Topliss-reactive ketones (excluding diaryl/α,β-unsaturated/α-hetero) is 2. The Morgan fingerprint density at radius 3 is 1.87 bits per heavy atom. The number of halogens is 2. The molecule has 1 N–H and O–H groups in total. The van der Waals surface area contributed by atoms with E-state index in [4.69, 9.17) is 24.1 Å². The van der Waals surface area contributed by atoms with Crippen LogP contribution in [0.4, 0.5) is 8.78 Å². The lowest BCUT2D eigenvalue weighted by molar-refractivity contribution is -0.141. The molecule has 4 rings (SSSR count). The monoisotopic (exact) mass is 662 g/mol. The summed E-state index contributed by atoms with van der Waals surface area (Å²) < 4.78 is 54.4. The molecule has 2 aromatic carbocycles. The Kier molecular flexibility index (Phi) is 11.4. The molecule has 2 atom stereocenters. The summed E-state index contributed by atoms with van der Waals surface area (Å²) in [5.41, 5.74) is 0. The van der Waals surface area contributed by atoms with E-state index < -0.39 is 29.4 Å². The SMILES string of the molecule is COc1cc2sc(CC[C@H](C)C(=O)O)cc2c(F)c1OCCCCOc1c(OC)cc2sc(C(=O)C[C@H](C)C(C)=O)cc2c1F. The summed E-state index contributed by atoms with van der Waals surface area (Å²) in [5, 5.41) is 9.76. The smallest absolute Gasteiger partial charge is 0.306 e. The second-order valence-electron chi connectivity index (χ2n) is 10.9. The summed E-state index contributed by atoms with van der Waals surface area (Å²) in [6.45, 7) is 5.06. The van der Waals surface area contributed by atoms with Gasteiger partial charge in [-0.3, -0.25) is 14.4 Å². The van der Waals surface area contributed by atoms with Crippen LogP contribution in [-0.2, 0) is 16.0 Å². The molecule has 8 nitrogen and oxygen atoms in total. The van der Waals surface area contributed by atoms with Crippen LogP contribution < -0.4 is 18.9 Å². The number of ether oxygens (including phenoxy) is 4. The second-order valence-corrected chi connectivity index (χ2v) is 13.2. The van der Waals surface area contributed by atoms with E-state index in [0.717, 1.165) is 16.2 Å². The van der Waals surface area contributed by atoms with Gasteiger partial charge in [-0.1, -0.05) is 13.8 Å². The van der Waals surface area contributed by atoms with Gasteiger partial charge in [0.25, 0.3) is 0 Å². The predicted octanol–water partition coefficient (Wildman–Crippen LogP) is 8.10. The maximum atomic E-state index is 15.5. The van der Waals surface area contributed by atoms with Gasteiger partial charge in [-0.25, -0.2) is 8.78 Å². The number of hydrogen-bond donors (Lipinski definition) is 1. The van der Waals surface area contributed by atoms with E-state index in [9.17, 15) is 14.4 Å². The van der Waals surface area contributed by atoms with Crippen molar-refractivity contribution in [3.05, 3.63) is 45.7 Å². The number of unbranched alkanes of at least 4 members (excludes halogenated alkanes) is 1. The number of ketones is 2. The molecular weight excluding hydrogens is 626 g/mol. The molecule has 12 heteroatoms. The first-order valence-electron chi connectivity index (χ1n) is 14.6. The quantitative estimate of drug-likeness (QED) is 0.0893. The van der Waals surface area contributed by atoms with Crippen molar-refractivity contribution in [2.45, 2.75) is 52.9 Å². The minimum atomic E-state index is -0.863. The molecule has 0 aliphatic heterocycles. The highest BCUT2D eigenvalue weighted by atomic mass is 32.1. The third-order valence-corrected chi connectivity index (χ3v) is 9.86. The zero-order valence-corrected chi connectivity index (χ0v) is 27.4. The molecule has 0 spiro atoms. The Morgan fingerprint density at radius 1 is 0.822 bits per heavy atom. The average molecular weight is 663 g/mol. The summed E-state index contributed by atoms with van der Waals surface area (Å²) in [5.74, 6) is -2.88. The Hall–Kier alpha value is -3.77. The van der Waals surface area contributed by atoms with Crippen molar-refractivity contribution in [2.75, 3.05) is 27.4 Å². The summed E-state index contributed by atoms with van der Waals surface area (Å²) in [4.78, 5) is 36.6. The fourth-order valence-corrected chi connectivity index (χ4v) is 6.78. The predicted molar refractivity (Wildman–Crippen MR) is 171 cm³/mol. The molecule has 45 heavy (non-hydrogen) atoms. The Morgan fingerprint density at radius 2 is 1.36 bits per heavy atom. The number of aryl methyl sites for hydroxylation is 1. The van der Waals surface area contributed by atoms with Gasteiger partial charge < -0.3 is 24.1 Å². The van der Waals surface area contributed by atoms with E-state index in [0.29, 0.717) is 45.3 Å². The molecule has 0 amide bonds. The van der Waals surface area contributed by atoms with Gasteiger partial charge in [-0.05, 0) is 44.7 Å². The van der Waals surface area contributed by atoms with E-state index in [2.05, 4.69) is 0 Å². The van der Waals surface area contributed by atoms with Crippen LogP contribution in [-0.4, -0.2) is 50.1 Å². The number of fused-ring (bicyclic) bond motifs is 2. The molecule has 2 heterocycles. The first-order valence-corrected chi connectivity index (χ1v) is 16.2. The van der Waals surface area contributed by atoms with Crippen LogP contribution in [0.15, 0.2) is 24.3 Å². The number of benzene rings is 2. The first kappa shape index (κ1) is 34.1. The first-order chi connectivity index (χ1) is 21.4. The number of rotatable bonds is 17. The standard InChI is InChI=1S/C33H36F2O8S2/c1-17(33(38)39)8-9-20-13-21-26(44-20)15-24(40-4)31(29(21)34)42-10-6-7-11-43-32-25(41-5)16-27-22(30(32)35)14-28(45-27)23(37)12-18(2)19(3)36/h13-18H,6-12H2,1-5H3,(H,38,39)/t17-,18-/m0/s1. The van der Waals surface area contributed by atoms with E-state index in [1.54, 1.807) is 32.0 Å². The number of carboxylic acid groups (broad SMARTS) is 1. The molecule has 0 saturated heterocycles. The number of hydrogen-bond acceptors (Lipinski definition) is 9. The fraction of sp³-hybridized carbons (Fsp3) is 0.424. The number of carboxylic acids is 1. The maximum Gasteiger partial charge on any atom is 0.306 e. The Bertz CT molecular complexity index is 1710. The van der Waals surface area contributed by atoms with E-state index >= 15 is 8.78 Å². The van der Waals surface area contributed by atoms with Crippen molar-refractivity contribution in [3.63, 3.8) is 0 Å². The molecular formula is C33H36F2O8S2. The summed E-state index contributed by atoms with van der Waals surface area (Å²) >= 11 is 2.53. The van der Waals surface area contributed by atoms with Crippen LogP contribution in [0.1, 0.15) is 61.0 Å². The van der Waals surface area contributed by atoms with Crippen molar-refractivity contribution in [2.24, 2.45) is 11.8 Å². The van der Waals surface area contributed by atoms with Crippen molar-refractivity contribution in [1.29, 1.82) is 0 Å². The van der Waals surface area contributed by atoms with Gasteiger partial charge in [0.1, 0.15) is 5.78 Å². The van der Waals surface area contributed by atoms with Crippen molar-refractivity contribution in [1.82, 2.24) is 0 Å². The lowest BCUT2D eigenvalue weighted by atomic mass is 10.00. The van der Waals surface area contributed by atoms with Crippen LogP contribution in [0, 0.1) is 23.5 Å². The van der Waals surface area contributed by atoms with E-state index in [1.165, 1.54) is 38.5 Å². The van der Waals surface area contributed by atoms with Crippen LogP contribution >= 0.6 is 22.7 Å². The van der Waals surface area contributed by atoms with Gasteiger partial charge in [0.05, 0.1) is 38.2 Å². The lowest BCUT2D eigenvalue weighted by Gasteiger charge is -2.14. The number of carbonyl (C=O) groups excluding carboxylic acids is 2. The highest BCUT2D eigenvalue weighted by Gasteiger charge is 2.23. The second kappa shape index (κ2) is 15.0. The number of aliphatic carboxylic acids is 1. The van der Waals surface area contributed by atoms with Crippen LogP contribution in [0.2, 0.25) is 0 Å². The molecule has 0 bridgehead atoms. The molecule has 0 radical (unpaired) electrons. The molecule has 0 saturated carbocycles. The molecule has 242 valence electrons. The third kappa shape index (κ3) is 7.91. The number of methoxy groups -OCH3 is 2. The highest BCUT2D eigenvalue weighted by Crippen LogP contribution is 2.42. The molecule has 0 unspecified atom stereocenters. The third-order valence-electron chi connectivity index (χ3n) is 7.59. The molecule has 4 aromatic rings. The van der Waals surface area contributed by atoms with Crippen molar-refractivity contribution in [3.8, 4) is 23.0 Å². The van der Waals surface area contributed by atoms with Gasteiger partial charge in [0.15, 0.2) is 40.4 Å². The fourth-order valence-electron chi connectivity index (χ4n) is 4.64. The largest absolute Gasteiger partial charge is 0.493 e. The van der Waals surface area contributed by atoms with Crippen LogP contribution in [0.3, 0.4) is 0 Å². The van der Waals surface area contributed by atoms with E-state index in [1.807, 2.05) is 0 Å². The van der Waals surface area contributed by atoms with Gasteiger partial charge in [0, 0.05) is 49.5 Å². The summed E-state index contributed by atoms with van der Waals surface area (Å²) in [6, 6.07) is 6.54. The topological polar surface area (TPSA) is 108 Å². The summed E-state index contributed by atoms with van der Waals surface area (Å²) in [7, 11) is 2.84. The summed E-state index contributed by atoms with van der Waals surface area (Å²) in [6.07, 6.45) is 1.96.